The number of hydrogen-bond donors (Lipinski definition) is 0. The molecule has 3 aromatic rings. The van der Waals surface area contributed by atoms with Crippen molar-refractivity contribution in [3.63, 3.8) is 0 Å². The van der Waals surface area contributed by atoms with Gasteiger partial charge in [0.15, 0.2) is 0 Å². The summed E-state index contributed by atoms with van der Waals surface area (Å²) in [7, 11) is 0. The number of nitrogens with zero attached hydrogens (tertiary/aromatic N) is 3. The topological polar surface area (TPSA) is 29.0 Å². The Morgan fingerprint density at radius 3 is 2.43 bits per heavy atom. The minimum absolute atomic E-state index is 0.894. The number of anilines is 1. The van der Waals surface area contributed by atoms with Gasteiger partial charge < -0.3 is 4.90 Å². The van der Waals surface area contributed by atoms with E-state index in [-0.39, 0.29) is 0 Å². The first-order valence-electron chi connectivity index (χ1n) is 8.77. The van der Waals surface area contributed by atoms with Crippen LogP contribution in [-0.4, -0.2) is 23.1 Å². The summed E-state index contributed by atoms with van der Waals surface area (Å²) in [5.74, 6) is 1.79. The third kappa shape index (κ3) is 2.10. The maximum absolute atomic E-state index is 4.64. The van der Waals surface area contributed by atoms with Crippen molar-refractivity contribution in [2.75, 3.05) is 18.0 Å². The van der Waals surface area contributed by atoms with E-state index in [0.717, 1.165) is 22.9 Å². The Bertz CT molecular complexity index is 859. The van der Waals surface area contributed by atoms with E-state index in [1.165, 1.54) is 55.2 Å². The zero-order valence-corrected chi connectivity index (χ0v) is 13.3. The summed E-state index contributed by atoms with van der Waals surface area (Å²) in [6.07, 6.45) is 9.47. The Hall–Kier alpha value is -2.16. The van der Waals surface area contributed by atoms with Gasteiger partial charge >= 0.3 is 0 Å². The molecule has 0 radical (unpaired) electrons. The van der Waals surface area contributed by atoms with E-state index in [2.05, 4.69) is 39.1 Å². The van der Waals surface area contributed by atoms with Crippen LogP contribution in [0.1, 0.15) is 25.7 Å². The second kappa shape index (κ2) is 5.19. The Morgan fingerprint density at radius 2 is 1.61 bits per heavy atom. The molecule has 1 aromatic carbocycles. The molecule has 5 rings (SSSR count). The molecule has 2 unspecified atom stereocenters. The minimum Gasteiger partial charge on any atom is -0.370 e. The molecule has 3 heterocycles. The summed E-state index contributed by atoms with van der Waals surface area (Å²) in [6.45, 7) is 2.42. The van der Waals surface area contributed by atoms with E-state index in [9.17, 15) is 0 Å². The standard InChI is InChI=1S/C20H21N3/c1-2-5-16-13-23(12-15(16)4-1)18-9-11-22-20-17(18)8-7-14-6-3-10-21-19(14)20/h3,6-11,15-16H,1-2,4-5,12-13H2. The van der Waals surface area contributed by atoms with Crippen molar-refractivity contribution in [2.24, 2.45) is 11.8 Å². The van der Waals surface area contributed by atoms with Crippen LogP contribution >= 0.6 is 0 Å². The van der Waals surface area contributed by atoms with Gasteiger partial charge in [-0.05, 0) is 42.9 Å². The van der Waals surface area contributed by atoms with Gasteiger partial charge in [0.25, 0.3) is 0 Å². The SMILES string of the molecule is c1cnc2c(c1)ccc1c(N3CC4CCCCC4C3)ccnc12. The highest BCUT2D eigenvalue weighted by molar-refractivity contribution is 6.07. The molecule has 2 atom stereocenters. The van der Waals surface area contributed by atoms with Crippen molar-refractivity contribution in [3.8, 4) is 0 Å². The maximum Gasteiger partial charge on any atom is 0.0985 e. The van der Waals surface area contributed by atoms with Crippen molar-refractivity contribution < 1.29 is 0 Å². The third-order valence-electron chi connectivity index (χ3n) is 5.78. The molecular weight excluding hydrogens is 282 g/mol. The maximum atomic E-state index is 4.64. The van der Waals surface area contributed by atoms with Gasteiger partial charge in [0, 0.05) is 41.9 Å². The van der Waals surface area contributed by atoms with Crippen LogP contribution in [0, 0.1) is 11.8 Å². The largest absolute Gasteiger partial charge is 0.370 e. The highest BCUT2D eigenvalue weighted by Crippen LogP contribution is 2.40. The lowest BCUT2D eigenvalue weighted by Crippen LogP contribution is -2.20. The van der Waals surface area contributed by atoms with Crippen molar-refractivity contribution in [2.45, 2.75) is 25.7 Å². The second-order valence-corrected chi connectivity index (χ2v) is 7.08. The summed E-state index contributed by atoms with van der Waals surface area (Å²) in [5, 5.41) is 2.41. The first-order valence-corrected chi connectivity index (χ1v) is 8.77. The monoisotopic (exact) mass is 303 g/mol. The van der Waals surface area contributed by atoms with Crippen molar-refractivity contribution in [3.05, 3.63) is 42.7 Å². The Balaban J connectivity index is 1.63. The number of fused-ring (bicyclic) bond motifs is 4. The number of hydrogen-bond acceptors (Lipinski definition) is 3. The summed E-state index contributed by atoms with van der Waals surface area (Å²) in [4.78, 5) is 11.8. The summed E-state index contributed by atoms with van der Waals surface area (Å²) in [6, 6.07) is 10.7. The lowest BCUT2D eigenvalue weighted by molar-refractivity contribution is 0.299. The van der Waals surface area contributed by atoms with E-state index in [1.54, 1.807) is 0 Å². The molecule has 1 saturated carbocycles. The smallest absolute Gasteiger partial charge is 0.0985 e. The molecule has 0 N–H and O–H groups in total. The first kappa shape index (κ1) is 13.3. The van der Waals surface area contributed by atoms with Gasteiger partial charge in [-0.3, -0.25) is 9.97 Å². The predicted octanol–water partition coefficient (Wildman–Crippen LogP) is 4.41. The number of rotatable bonds is 1. The second-order valence-electron chi connectivity index (χ2n) is 7.08. The molecule has 2 aromatic heterocycles. The van der Waals surface area contributed by atoms with Crippen LogP contribution < -0.4 is 4.90 Å². The van der Waals surface area contributed by atoms with Gasteiger partial charge in [0.05, 0.1) is 11.0 Å². The number of pyridine rings is 2. The number of benzene rings is 1. The highest BCUT2D eigenvalue weighted by atomic mass is 15.2. The van der Waals surface area contributed by atoms with E-state index < -0.39 is 0 Å². The molecule has 116 valence electrons. The van der Waals surface area contributed by atoms with Crippen LogP contribution in [0.5, 0.6) is 0 Å². The molecule has 2 aliphatic rings. The molecule has 2 fully saturated rings. The van der Waals surface area contributed by atoms with Crippen LogP contribution in [0.15, 0.2) is 42.7 Å². The molecule has 23 heavy (non-hydrogen) atoms. The molecule has 0 bridgehead atoms. The molecule has 0 spiro atoms. The van der Waals surface area contributed by atoms with Gasteiger partial charge in [-0.1, -0.05) is 25.0 Å². The van der Waals surface area contributed by atoms with E-state index in [0.29, 0.717) is 0 Å². The summed E-state index contributed by atoms with van der Waals surface area (Å²) in [5.41, 5.74) is 3.40. The first-order chi connectivity index (χ1) is 11.4. The van der Waals surface area contributed by atoms with E-state index in [1.807, 2.05) is 18.5 Å². The van der Waals surface area contributed by atoms with Crippen LogP contribution in [-0.2, 0) is 0 Å². The van der Waals surface area contributed by atoms with Crippen LogP contribution in [0.25, 0.3) is 21.8 Å². The quantitative estimate of drug-likeness (QED) is 0.624. The van der Waals surface area contributed by atoms with Crippen molar-refractivity contribution in [1.29, 1.82) is 0 Å². The lowest BCUT2D eigenvalue weighted by atomic mass is 9.82. The zero-order valence-electron chi connectivity index (χ0n) is 13.3. The van der Waals surface area contributed by atoms with Gasteiger partial charge in [-0.2, -0.15) is 0 Å². The lowest BCUT2D eigenvalue weighted by Gasteiger charge is -2.22. The Labute approximate surface area is 136 Å². The van der Waals surface area contributed by atoms with Crippen LogP contribution in [0.4, 0.5) is 5.69 Å². The fraction of sp³-hybridized carbons (Fsp3) is 0.400. The summed E-state index contributed by atoms with van der Waals surface area (Å²) < 4.78 is 0. The van der Waals surface area contributed by atoms with E-state index in [4.69, 9.17) is 0 Å². The van der Waals surface area contributed by atoms with Gasteiger partial charge in [-0.25, -0.2) is 0 Å². The zero-order chi connectivity index (χ0) is 15.2. The number of aromatic nitrogens is 2. The normalized spacial score (nSPS) is 24.3. The Kier molecular flexibility index (Phi) is 3.00. The molecule has 1 aliphatic carbocycles. The van der Waals surface area contributed by atoms with Crippen molar-refractivity contribution >= 4 is 27.5 Å². The Morgan fingerprint density at radius 1 is 0.826 bits per heavy atom. The summed E-state index contributed by atoms with van der Waals surface area (Å²) >= 11 is 0. The fourth-order valence-corrected chi connectivity index (χ4v) is 4.62. The molecule has 0 amide bonds. The molecular formula is C20H21N3. The molecule has 3 heteroatoms. The van der Waals surface area contributed by atoms with Crippen LogP contribution in [0.2, 0.25) is 0 Å². The van der Waals surface area contributed by atoms with Gasteiger partial charge in [-0.15, -0.1) is 0 Å². The van der Waals surface area contributed by atoms with E-state index >= 15 is 0 Å². The molecule has 1 saturated heterocycles. The van der Waals surface area contributed by atoms with Gasteiger partial charge in [0.1, 0.15) is 0 Å². The minimum atomic E-state index is 0.894. The third-order valence-corrected chi connectivity index (χ3v) is 5.78. The fourth-order valence-electron chi connectivity index (χ4n) is 4.62. The average Bonchev–Trinajstić information content (AvgIpc) is 3.05. The average molecular weight is 303 g/mol. The van der Waals surface area contributed by atoms with Gasteiger partial charge in [0.2, 0.25) is 0 Å². The molecule has 1 aliphatic heterocycles. The molecule has 3 nitrogen and oxygen atoms in total. The van der Waals surface area contributed by atoms with Crippen molar-refractivity contribution in [1.82, 2.24) is 9.97 Å². The predicted molar refractivity (Wildman–Crippen MR) is 94.7 cm³/mol. The van der Waals surface area contributed by atoms with Crippen LogP contribution in [0.3, 0.4) is 0 Å². The highest BCUT2D eigenvalue weighted by Gasteiger charge is 2.34.